The molecule has 0 bridgehead atoms. The molecule has 3 aliphatic carbocycles. The number of aliphatic hydroxyl groups excluding tert-OH is 1. The van der Waals surface area contributed by atoms with Gasteiger partial charge in [-0.3, -0.25) is 0 Å². The van der Waals surface area contributed by atoms with Crippen LogP contribution in [0.3, 0.4) is 0 Å². The molecule has 4 heteroatoms. The van der Waals surface area contributed by atoms with E-state index in [2.05, 4.69) is 50.0 Å². The SMILES string of the molecule is CC/C=C(\C)C(=O)O.C[C@H]1C(O)CC[C@@]2(C)C1CCC1Cc3c([nH]c4ccccc34)[C@@]12C. The molecule has 3 unspecified atom stereocenters. The molecular formula is C28H39NO3. The number of fused-ring (bicyclic) bond motifs is 7. The van der Waals surface area contributed by atoms with Crippen LogP contribution < -0.4 is 0 Å². The molecule has 6 atom stereocenters. The Kier molecular flexibility index (Phi) is 6.04. The lowest BCUT2D eigenvalue weighted by molar-refractivity contribution is -0.132. The van der Waals surface area contributed by atoms with Crippen LogP contribution in [0.15, 0.2) is 35.9 Å². The standard InChI is InChI=1S/C22H29NO.C6H10O2/c1-13-17-9-8-14-12-16-15-6-4-5-7-18(15)23-20(16)22(14,3)21(17,2)11-10-19(13)24;1-3-4-5(2)6(7)8/h4-7,13-14,17,19,23-24H,8-12H2,1-3H3;4H,3H2,1-2H3,(H,7,8)/b;5-4+/t13-,14?,17?,19?,21+,22-;/m1./s1. The van der Waals surface area contributed by atoms with E-state index in [1.807, 2.05) is 6.92 Å². The van der Waals surface area contributed by atoms with Crippen LogP contribution in [0.1, 0.15) is 78.0 Å². The minimum atomic E-state index is -0.827. The Morgan fingerprint density at radius 3 is 2.59 bits per heavy atom. The molecule has 174 valence electrons. The van der Waals surface area contributed by atoms with Crippen LogP contribution in [0.4, 0.5) is 0 Å². The molecule has 0 amide bonds. The zero-order valence-electron chi connectivity index (χ0n) is 20.2. The van der Waals surface area contributed by atoms with E-state index in [0.717, 1.165) is 25.2 Å². The Hall–Kier alpha value is -2.07. The third-order valence-electron chi connectivity index (χ3n) is 9.48. The summed E-state index contributed by atoms with van der Waals surface area (Å²) < 4.78 is 0. The van der Waals surface area contributed by atoms with Gasteiger partial charge < -0.3 is 15.2 Å². The third-order valence-corrected chi connectivity index (χ3v) is 9.48. The smallest absolute Gasteiger partial charge is 0.330 e. The van der Waals surface area contributed by atoms with Crippen molar-refractivity contribution in [1.29, 1.82) is 0 Å². The van der Waals surface area contributed by atoms with Crippen LogP contribution in [-0.4, -0.2) is 27.3 Å². The molecule has 3 aliphatic rings. The molecular weight excluding hydrogens is 398 g/mol. The molecule has 1 aromatic heterocycles. The van der Waals surface area contributed by atoms with Crippen LogP contribution >= 0.6 is 0 Å². The topological polar surface area (TPSA) is 73.3 Å². The highest BCUT2D eigenvalue weighted by atomic mass is 16.4. The largest absolute Gasteiger partial charge is 0.478 e. The second-order valence-electron chi connectivity index (χ2n) is 10.8. The van der Waals surface area contributed by atoms with Crippen molar-refractivity contribution in [3.63, 3.8) is 0 Å². The van der Waals surface area contributed by atoms with Crippen molar-refractivity contribution >= 4 is 16.9 Å². The number of nitrogens with one attached hydrogen (secondary N) is 1. The van der Waals surface area contributed by atoms with Crippen molar-refractivity contribution < 1.29 is 15.0 Å². The van der Waals surface area contributed by atoms with Crippen LogP contribution in [0.25, 0.3) is 10.9 Å². The van der Waals surface area contributed by atoms with E-state index in [4.69, 9.17) is 5.11 Å². The first-order valence-electron chi connectivity index (χ1n) is 12.3. The zero-order valence-corrected chi connectivity index (χ0v) is 20.2. The molecule has 1 heterocycles. The maximum Gasteiger partial charge on any atom is 0.330 e. The fourth-order valence-corrected chi connectivity index (χ4v) is 7.40. The van der Waals surface area contributed by atoms with Gasteiger partial charge in [-0.2, -0.15) is 0 Å². The molecule has 3 N–H and O–H groups in total. The minimum absolute atomic E-state index is 0.105. The number of H-pyrrole nitrogens is 1. The number of hydrogen-bond acceptors (Lipinski definition) is 2. The first-order chi connectivity index (χ1) is 15.1. The van der Waals surface area contributed by atoms with Crippen molar-refractivity contribution in [3.8, 4) is 0 Å². The summed E-state index contributed by atoms with van der Waals surface area (Å²) in [6, 6.07) is 8.82. The molecule has 2 fully saturated rings. The molecule has 0 aliphatic heterocycles. The number of carboxylic acids is 1. The van der Waals surface area contributed by atoms with Crippen molar-refractivity contribution in [2.45, 2.75) is 84.7 Å². The highest BCUT2D eigenvalue weighted by molar-refractivity contribution is 5.86. The summed E-state index contributed by atoms with van der Waals surface area (Å²) in [4.78, 5) is 13.9. The van der Waals surface area contributed by atoms with Gasteiger partial charge in [0.1, 0.15) is 0 Å². The van der Waals surface area contributed by atoms with Gasteiger partial charge in [-0.1, -0.05) is 52.0 Å². The van der Waals surface area contributed by atoms with E-state index in [-0.39, 0.29) is 11.5 Å². The summed E-state index contributed by atoms with van der Waals surface area (Å²) in [5, 5.41) is 20.1. The van der Waals surface area contributed by atoms with Crippen molar-refractivity contribution in [1.82, 2.24) is 4.98 Å². The van der Waals surface area contributed by atoms with Crippen LogP contribution in [0.2, 0.25) is 0 Å². The number of aromatic amines is 1. The Labute approximate surface area is 192 Å². The molecule has 5 rings (SSSR count). The molecule has 0 saturated heterocycles. The number of aromatic nitrogens is 1. The monoisotopic (exact) mass is 437 g/mol. The predicted octanol–water partition coefficient (Wildman–Crippen LogP) is 6.23. The number of para-hydroxylation sites is 1. The van der Waals surface area contributed by atoms with Gasteiger partial charge in [0.2, 0.25) is 0 Å². The van der Waals surface area contributed by atoms with E-state index in [1.165, 1.54) is 35.9 Å². The van der Waals surface area contributed by atoms with Gasteiger partial charge in [0.15, 0.2) is 0 Å². The Morgan fingerprint density at radius 2 is 1.94 bits per heavy atom. The van der Waals surface area contributed by atoms with Crippen LogP contribution in [0.5, 0.6) is 0 Å². The summed E-state index contributed by atoms with van der Waals surface area (Å²) in [6.07, 6.45) is 8.32. The van der Waals surface area contributed by atoms with Crippen molar-refractivity contribution in [2.75, 3.05) is 0 Å². The summed E-state index contributed by atoms with van der Waals surface area (Å²) in [5.74, 6) is 0.994. The number of rotatable bonds is 2. The van der Waals surface area contributed by atoms with Gasteiger partial charge in [0.25, 0.3) is 0 Å². The lowest BCUT2D eigenvalue weighted by Gasteiger charge is -2.61. The number of allylic oxidation sites excluding steroid dienone is 1. The maximum absolute atomic E-state index is 10.5. The molecule has 2 aromatic rings. The first-order valence-corrected chi connectivity index (χ1v) is 12.3. The highest BCUT2D eigenvalue weighted by Crippen LogP contribution is 2.67. The zero-order chi connectivity index (χ0) is 23.3. The number of carboxylic acid groups (broad SMARTS) is 1. The first kappa shape index (κ1) is 23.1. The molecule has 0 radical (unpaired) electrons. The second-order valence-corrected chi connectivity index (χ2v) is 10.8. The number of carbonyl (C=O) groups is 1. The lowest BCUT2D eigenvalue weighted by Crippen LogP contribution is -2.58. The third kappa shape index (κ3) is 3.34. The average molecular weight is 438 g/mol. The van der Waals surface area contributed by atoms with Gasteiger partial charge in [-0.05, 0) is 80.2 Å². The van der Waals surface area contributed by atoms with E-state index in [1.54, 1.807) is 18.6 Å². The van der Waals surface area contributed by atoms with Crippen LogP contribution in [-0.2, 0) is 16.6 Å². The summed E-state index contributed by atoms with van der Waals surface area (Å²) in [5.41, 5.74) is 5.34. The Bertz CT molecular complexity index is 1040. The van der Waals surface area contributed by atoms with E-state index in [9.17, 15) is 9.90 Å². The number of benzene rings is 1. The van der Waals surface area contributed by atoms with E-state index < -0.39 is 5.97 Å². The highest BCUT2D eigenvalue weighted by Gasteiger charge is 2.63. The van der Waals surface area contributed by atoms with Gasteiger partial charge in [-0.15, -0.1) is 0 Å². The summed E-state index contributed by atoms with van der Waals surface area (Å²) in [7, 11) is 0. The number of aliphatic hydroxyl groups is 1. The van der Waals surface area contributed by atoms with Crippen molar-refractivity contribution in [2.24, 2.45) is 23.2 Å². The molecule has 2 saturated carbocycles. The average Bonchev–Trinajstić information content (AvgIpc) is 3.27. The van der Waals surface area contributed by atoms with Crippen LogP contribution in [0, 0.1) is 23.2 Å². The van der Waals surface area contributed by atoms with Gasteiger partial charge in [-0.25, -0.2) is 4.79 Å². The Balaban J connectivity index is 0.000000265. The quantitative estimate of drug-likeness (QED) is 0.487. The summed E-state index contributed by atoms with van der Waals surface area (Å²) >= 11 is 0. The van der Waals surface area contributed by atoms with Crippen molar-refractivity contribution in [3.05, 3.63) is 47.2 Å². The predicted molar refractivity (Wildman–Crippen MR) is 130 cm³/mol. The molecule has 4 nitrogen and oxygen atoms in total. The minimum Gasteiger partial charge on any atom is -0.478 e. The normalized spacial score (nSPS) is 36.0. The molecule has 1 aromatic carbocycles. The van der Waals surface area contributed by atoms with E-state index >= 15 is 0 Å². The maximum atomic E-state index is 10.5. The van der Waals surface area contributed by atoms with Gasteiger partial charge in [0, 0.05) is 27.6 Å². The molecule has 0 spiro atoms. The fraction of sp³-hybridized carbons (Fsp3) is 0.607. The van der Waals surface area contributed by atoms with Gasteiger partial charge in [0.05, 0.1) is 6.10 Å². The fourth-order valence-electron chi connectivity index (χ4n) is 7.40. The number of aliphatic carboxylic acids is 1. The lowest BCUT2D eigenvalue weighted by atomic mass is 9.44. The summed E-state index contributed by atoms with van der Waals surface area (Å²) in [6.45, 7) is 10.9. The van der Waals surface area contributed by atoms with E-state index in [0.29, 0.717) is 22.8 Å². The second kappa shape index (κ2) is 8.37. The Morgan fingerprint density at radius 1 is 1.22 bits per heavy atom. The number of hydrogen-bond donors (Lipinski definition) is 3. The van der Waals surface area contributed by atoms with Gasteiger partial charge >= 0.3 is 5.97 Å². The molecule has 32 heavy (non-hydrogen) atoms.